The molecule has 1 aromatic rings. The predicted molar refractivity (Wildman–Crippen MR) is 76.1 cm³/mol. The monoisotopic (exact) mass is 281 g/mol. The third kappa shape index (κ3) is 4.87. The Morgan fingerprint density at radius 3 is 2.70 bits per heavy atom. The summed E-state index contributed by atoms with van der Waals surface area (Å²) in [4.78, 5) is 23.3. The van der Waals surface area contributed by atoms with Crippen molar-refractivity contribution in [3.8, 4) is 0 Å². The highest BCUT2D eigenvalue weighted by Gasteiger charge is 2.15. The van der Waals surface area contributed by atoms with Gasteiger partial charge in [0.15, 0.2) is 0 Å². The summed E-state index contributed by atoms with van der Waals surface area (Å²) in [6, 6.07) is 2.92. The smallest absolute Gasteiger partial charge is 0.319 e. The second kappa shape index (κ2) is 7.47. The van der Waals surface area contributed by atoms with Gasteiger partial charge < -0.3 is 16.0 Å². The quantitative estimate of drug-likeness (QED) is 0.774. The van der Waals surface area contributed by atoms with Gasteiger partial charge in [-0.2, -0.15) is 0 Å². The summed E-state index contributed by atoms with van der Waals surface area (Å²) in [6.07, 6.45) is 0.827. The van der Waals surface area contributed by atoms with Crippen LogP contribution in [0.4, 0.5) is 14.9 Å². The van der Waals surface area contributed by atoms with Gasteiger partial charge in [-0.05, 0) is 38.0 Å². The summed E-state index contributed by atoms with van der Waals surface area (Å²) < 4.78 is 13.1. The maximum Gasteiger partial charge on any atom is 0.319 e. The van der Waals surface area contributed by atoms with Crippen LogP contribution in [-0.4, -0.2) is 24.5 Å². The Labute approximate surface area is 117 Å². The number of urea groups is 1. The lowest BCUT2D eigenvalue weighted by molar-refractivity contribution is -0.122. The first kappa shape index (κ1) is 15.9. The maximum atomic E-state index is 13.1. The van der Waals surface area contributed by atoms with Crippen LogP contribution in [0.3, 0.4) is 0 Å². The van der Waals surface area contributed by atoms with Crippen molar-refractivity contribution >= 4 is 17.6 Å². The largest absolute Gasteiger partial charge is 0.354 e. The Kier molecular flexibility index (Phi) is 5.96. The summed E-state index contributed by atoms with van der Waals surface area (Å²) in [5, 5.41) is 7.70. The standard InChI is InChI=1S/C14H20FN3O2/c1-4-7-16-13(19)10(3)17-14(20)18-12-8-11(15)6-5-9(12)2/h5-6,8,10H,4,7H2,1-3H3,(H,16,19)(H2,17,18,20). The highest BCUT2D eigenvalue weighted by Crippen LogP contribution is 2.15. The summed E-state index contributed by atoms with van der Waals surface area (Å²) >= 11 is 0. The van der Waals surface area contributed by atoms with Crippen molar-refractivity contribution < 1.29 is 14.0 Å². The fourth-order valence-electron chi connectivity index (χ4n) is 1.55. The van der Waals surface area contributed by atoms with Gasteiger partial charge in [-0.1, -0.05) is 13.0 Å². The molecule has 20 heavy (non-hydrogen) atoms. The third-order valence-corrected chi connectivity index (χ3v) is 2.74. The predicted octanol–water partition coefficient (Wildman–Crippen LogP) is 2.17. The number of carbonyl (C=O) groups is 2. The van der Waals surface area contributed by atoms with Crippen LogP contribution < -0.4 is 16.0 Å². The summed E-state index contributed by atoms with van der Waals surface area (Å²) in [5.41, 5.74) is 1.12. The minimum atomic E-state index is -0.657. The molecule has 0 aliphatic rings. The number of halogens is 1. The Morgan fingerprint density at radius 2 is 2.05 bits per heavy atom. The number of nitrogens with one attached hydrogen (secondary N) is 3. The molecule has 0 aliphatic heterocycles. The minimum absolute atomic E-state index is 0.252. The number of amides is 3. The number of benzene rings is 1. The molecule has 0 saturated heterocycles. The number of aryl methyl sites for hydroxylation is 1. The molecular weight excluding hydrogens is 261 g/mol. The van der Waals surface area contributed by atoms with E-state index in [1.165, 1.54) is 12.1 Å². The van der Waals surface area contributed by atoms with Crippen molar-refractivity contribution in [3.05, 3.63) is 29.6 Å². The van der Waals surface area contributed by atoms with E-state index in [0.717, 1.165) is 12.0 Å². The van der Waals surface area contributed by atoms with Crippen LogP contribution >= 0.6 is 0 Å². The fourth-order valence-corrected chi connectivity index (χ4v) is 1.55. The van der Waals surface area contributed by atoms with Crippen LogP contribution in [0.5, 0.6) is 0 Å². The summed E-state index contributed by atoms with van der Waals surface area (Å²) in [5.74, 6) is -0.683. The molecule has 0 aliphatic carbocycles. The van der Waals surface area contributed by atoms with Crippen molar-refractivity contribution in [2.24, 2.45) is 0 Å². The number of carbonyl (C=O) groups excluding carboxylic acids is 2. The molecule has 0 aromatic heterocycles. The maximum absolute atomic E-state index is 13.1. The molecule has 0 heterocycles. The zero-order valence-corrected chi connectivity index (χ0v) is 11.9. The molecule has 1 atom stereocenters. The second-order valence-electron chi connectivity index (χ2n) is 4.57. The molecule has 110 valence electrons. The lowest BCUT2D eigenvalue weighted by Gasteiger charge is -2.15. The Bertz CT molecular complexity index is 491. The average molecular weight is 281 g/mol. The van der Waals surface area contributed by atoms with Crippen molar-refractivity contribution in [1.82, 2.24) is 10.6 Å². The first-order valence-corrected chi connectivity index (χ1v) is 6.55. The molecule has 0 fully saturated rings. The highest BCUT2D eigenvalue weighted by molar-refractivity contribution is 5.94. The molecule has 0 saturated carbocycles. The molecule has 1 rings (SSSR count). The zero-order valence-electron chi connectivity index (χ0n) is 11.9. The summed E-state index contributed by atoms with van der Waals surface area (Å²) in [7, 11) is 0. The lowest BCUT2D eigenvalue weighted by atomic mass is 10.2. The number of hydrogen-bond acceptors (Lipinski definition) is 2. The van der Waals surface area contributed by atoms with Crippen LogP contribution in [0.15, 0.2) is 18.2 Å². The van der Waals surface area contributed by atoms with Gasteiger partial charge >= 0.3 is 6.03 Å². The van der Waals surface area contributed by atoms with E-state index < -0.39 is 17.9 Å². The normalized spacial score (nSPS) is 11.6. The minimum Gasteiger partial charge on any atom is -0.354 e. The van der Waals surface area contributed by atoms with E-state index in [4.69, 9.17) is 0 Å². The summed E-state index contributed by atoms with van der Waals surface area (Å²) in [6.45, 7) is 5.85. The van der Waals surface area contributed by atoms with Crippen molar-refractivity contribution in [2.45, 2.75) is 33.2 Å². The van der Waals surface area contributed by atoms with Crippen LogP contribution in [0.2, 0.25) is 0 Å². The SMILES string of the molecule is CCCNC(=O)C(C)NC(=O)Nc1cc(F)ccc1C. The Balaban J connectivity index is 2.55. The number of anilines is 1. The second-order valence-corrected chi connectivity index (χ2v) is 4.57. The first-order valence-electron chi connectivity index (χ1n) is 6.55. The van der Waals surface area contributed by atoms with Gasteiger partial charge in [0, 0.05) is 12.2 Å². The molecule has 1 unspecified atom stereocenters. The van der Waals surface area contributed by atoms with Crippen LogP contribution in [0, 0.1) is 12.7 Å². The van der Waals surface area contributed by atoms with E-state index in [1.54, 1.807) is 19.9 Å². The van der Waals surface area contributed by atoms with Crippen molar-refractivity contribution in [2.75, 3.05) is 11.9 Å². The third-order valence-electron chi connectivity index (χ3n) is 2.74. The van der Waals surface area contributed by atoms with E-state index in [1.807, 2.05) is 6.92 Å². The lowest BCUT2D eigenvalue weighted by Crippen LogP contribution is -2.46. The molecular formula is C14H20FN3O2. The van der Waals surface area contributed by atoms with Crippen molar-refractivity contribution in [3.63, 3.8) is 0 Å². The Morgan fingerprint density at radius 1 is 1.35 bits per heavy atom. The zero-order chi connectivity index (χ0) is 15.1. The van der Waals surface area contributed by atoms with Gasteiger partial charge in [0.2, 0.25) is 5.91 Å². The molecule has 0 spiro atoms. The van der Waals surface area contributed by atoms with Gasteiger partial charge in [0.25, 0.3) is 0 Å². The van der Waals surface area contributed by atoms with Gasteiger partial charge in [-0.3, -0.25) is 4.79 Å². The molecule has 5 nitrogen and oxygen atoms in total. The van der Waals surface area contributed by atoms with E-state index >= 15 is 0 Å². The van der Waals surface area contributed by atoms with Crippen LogP contribution in [-0.2, 0) is 4.79 Å². The number of rotatable bonds is 5. The molecule has 0 bridgehead atoms. The van der Waals surface area contributed by atoms with Crippen LogP contribution in [0.25, 0.3) is 0 Å². The van der Waals surface area contributed by atoms with Crippen molar-refractivity contribution in [1.29, 1.82) is 0 Å². The molecule has 3 N–H and O–H groups in total. The van der Waals surface area contributed by atoms with E-state index in [9.17, 15) is 14.0 Å². The van der Waals surface area contributed by atoms with E-state index in [2.05, 4.69) is 16.0 Å². The Hall–Kier alpha value is -2.11. The number of hydrogen-bond donors (Lipinski definition) is 3. The van der Waals surface area contributed by atoms with Gasteiger partial charge in [-0.15, -0.1) is 0 Å². The highest BCUT2D eigenvalue weighted by atomic mass is 19.1. The van der Waals surface area contributed by atoms with Gasteiger partial charge in [0.05, 0.1) is 0 Å². The fraction of sp³-hybridized carbons (Fsp3) is 0.429. The van der Waals surface area contributed by atoms with Gasteiger partial charge in [0.1, 0.15) is 11.9 Å². The average Bonchev–Trinajstić information content (AvgIpc) is 2.40. The molecule has 0 radical (unpaired) electrons. The topological polar surface area (TPSA) is 70.2 Å². The molecule has 3 amide bonds. The molecule has 1 aromatic carbocycles. The first-order chi connectivity index (χ1) is 9.43. The van der Waals surface area contributed by atoms with E-state index in [0.29, 0.717) is 12.2 Å². The molecule has 6 heteroatoms. The van der Waals surface area contributed by atoms with E-state index in [-0.39, 0.29) is 5.91 Å². The van der Waals surface area contributed by atoms with Gasteiger partial charge in [-0.25, -0.2) is 9.18 Å². The van der Waals surface area contributed by atoms with Crippen LogP contribution in [0.1, 0.15) is 25.8 Å².